The molecule has 1 heterocycles. The zero-order valence-electron chi connectivity index (χ0n) is 11.4. The molecule has 1 aromatic heterocycles. The Morgan fingerprint density at radius 2 is 1.82 bits per heavy atom. The number of nitrogens with zero attached hydrogens (tertiary/aromatic N) is 2. The molecule has 0 unspecified atom stereocenters. The average Bonchev–Trinajstić information content (AvgIpc) is 2.87. The van der Waals surface area contributed by atoms with Gasteiger partial charge in [0.25, 0.3) is 0 Å². The fraction of sp³-hybridized carbons (Fsp3) is 0.500. The van der Waals surface area contributed by atoms with Crippen molar-refractivity contribution >= 4 is 29.9 Å². The smallest absolute Gasteiger partial charge is 0.387 e. The van der Waals surface area contributed by atoms with Crippen molar-refractivity contribution < 1.29 is 13.2 Å². The van der Waals surface area contributed by atoms with Crippen molar-refractivity contribution in [3.8, 4) is 0 Å². The normalized spacial score (nSPS) is 21.0. The molecule has 0 aliphatic heterocycles. The van der Waals surface area contributed by atoms with Gasteiger partial charge in [0.1, 0.15) is 11.7 Å². The number of aromatic nitrogens is 2. The van der Waals surface area contributed by atoms with E-state index in [1.807, 2.05) is 0 Å². The van der Waals surface area contributed by atoms with Crippen molar-refractivity contribution in [2.75, 3.05) is 5.32 Å². The van der Waals surface area contributed by atoms with Gasteiger partial charge < -0.3 is 11.1 Å². The first kappa shape index (κ1) is 18.1. The van der Waals surface area contributed by atoms with Gasteiger partial charge in [-0.2, -0.15) is 13.2 Å². The predicted octanol–water partition coefficient (Wildman–Crippen LogP) is 2.66. The van der Waals surface area contributed by atoms with Crippen LogP contribution in [0.15, 0.2) is 12.4 Å². The lowest BCUT2D eigenvalue weighted by atomic mass is 9.94. The Hall–Kier alpha value is -1.90. The van der Waals surface area contributed by atoms with E-state index in [0.29, 0.717) is 12.6 Å². The highest BCUT2D eigenvalue weighted by Gasteiger charge is 2.34. The molecule has 1 fully saturated rings. The standard InChI is InChI=1S/C12H15F3N6.ClH/c13-12(14,15)8-4-20-9(5-19-8)21-11(18)7-3-1-2-6(7)10(16)17;/h4-7H,1-3H2,(H3,16,17)(H2,18,20,21);1H/t6-,7-;/m0./s1. The molecule has 122 valence electrons. The van der Waals surface area contributed by atoms with Gasteiger partial charge in [0.15, 0.2) is 5.69 Å². The van der Waals surface area contributed by atoms with Crippen LogP contribution < -0.4 is 11.1 Å². The number of hydrogen-bond donors (Lipinski definition) is 4. The van der Waals surface area contributed by atoms with E-state index in [0.717, 1.165) is 19.0 Å². The molecule has 10 heteroatoms. The van der Waals surface area contributed by atoms with Gasteiger partial charge in [0.05, 0.1) is 18.2 Å². The van der Waals surface area contributed by atoms with E-state index < -0.39 is 11.9 Å². The summed E-state index contributed by atoms with van der Waals surface area (Å²) in [7, 11) is 0. The highest BCUT2D eigenvalue weighted by atomic mass is 35.5. The molecule has 1 aliphatic rings. The summed E-state index contributed by atoms with van der Waals surface area (Å²) in [6, 6.07) is 0. The molecule has 0 saturated heterocycles. The minimum atomic E-state index is -4.54. The zero-order valence-corrected chi connectivity index (χ0v) is 12.3. The fourth-order valence-electron chi connectivity index (χ4n) is 2.45. The van der Waals surface area contributed by atoms with Crippen molar-refractivity contribution in [3.63, 3.8) is 0 Å². The second-order valence-electron chi connectivity index (χ2n) is 4.92. The highest BCUT2D eigenvalue weighted by molar-refractivity contribution is 5.97. The Morgan fingerprint density at radius 3 is 2.32 bits per heavy atom. The largest absolute Gasteiger partial charge is 0.434 e. The Kier molecular flexibility index (Phi) is 5.70. The molecule has 1 aromatic rings. The second kappa shape index (κ2) is 6.91. The van der Waals surface area contributed by atoms with Crippen LogP contribution in [0.2, 0.25) is 0 Å². The minimum Gasteiger partial charge on any atom is -0.387 e. The number of nitrogens with one attached hydrogen (secondary N) is 3. The summed E-state index contributed by atoms with van der Waals surface area (Å²) in [5.74, 6) is -0.231. The summed E-state index contributed by atoms with van der Waals surface area (Å²) < 4.78 is 37.1. The summed E-state index contributed by atoms with van der Waals surface area (Å²) in [4.78, 5) is 6.88. The van der Waals surface area contributed by atoms with Gasteiger partial charge in [-0.1, -0.05) is 6.42 Å². The molecule has 6 nitrogen and oxygen atoms in total. The molecule has 2 rings (SSSR count). The van der Waals surface area contributed by atoms with Crippen molar-refractivity contribution in [3.05, 3.63) is 18.1 Å². The van der Waals surface area contributed by atoms with E-state index in [9.17, 15) is 13.2 Å². The van der Waals surface area contributed by atoms with Crippen LogP contribution in [-0.4, -0.2) is 21.6 Å². The maximum absolute atomic E-state index is 12.4. The number of nitrogens with two attached hydrogens (primary N) is 1. The van der Waals surface area contributed by atoms with E-state index in [1.165, 1.54) is 0 Å². The summed E-state index contributed by atoms with van der Waals surface area (Å²) >= 11 is 0. The van der Waals surface area contributed by atoms with Gasteiger partial charge in [-0.15, -0.1) is 12.4 Å². The Bertz CT molecular complexity index is 545. The molecule has 0 aromatic carbocycles. The first-order valence-electron chi connectivity index (χ1n) is 6.37. The lowest BCUT2D eigenvalue weighted by molar-refractivity contribution is -0.141. The number of anilines is 1. The summed E-state index contributed by atoms with van der Waals surface area (Å²) in [6.45, 7) is 0. The van der Waals surface area contributed by atoms with E-state index in [4.69, 9.17) is 16.6 Å². The third-order valence-electron chi connectivity index (χ3n) is 3.49. The number of halogens is 4. The van der Waals surface area contributed by atoms with Crippen LogP contribution in [0.5, 0.6) is 0 Å². The van der Waals surface area contributed by atoms with Gasteiger partial charge in [0.2, 0.25) is 0 Å². The second-order valence-corrected chi connectivity index (χ2v) is 4.92. The average molecular weight is 337 g/mol. The maximum Gasteiger partial charge on any atom is 0.434 e. The van der Waals surface area contributed by atoms with E-state index >= 15 is 0 Å². The molecule has 0 amide bonds. The van der Waals surface area contributed by atoms with Gasteiger partial charge in [-0.25, -0.2) is 9.97 Å². The summed E-state index contributed by atoms with van der Waals surface area (Å²) in [6.07, 6.45) is -0.670. The van der Waals surface area contributed by atoms with E-state index in [2.05, 4.69) is 15.3 Å². The Balaban J connectivity index is 0.00000242. The molecular weight excluding hydrogens is 321 g/mol. The molecule has 0 radical (unpaired) electrons. The number of alkyl halides is 3. The quantitative estimate of drug-likeness (QED) is 0.502. The molecular formula is C12H16ClF3N6. The van der Waals surface area contributed by atoms with Gasteiger partial charge in [-0.05, 0) is 12.8 Å². The fourth-order valence-corrected chi connectivity index (χ4v) is 2.45. The molecule has 22 heavy (non-hydrogen) atoms. The lowest BCUT2D eigenvalue weighted by Crippen LogP contribution is -2.33. The Labute approximate surface area is 131 Å². The Morgan fingerprint density at radius 1 is 1.18 bits per heavy atom. The lowest BCUT2D eigenvalue weighted by Gasteiger charge is -2.20. The topological polar surface area (TPSA) is 112 Å². The van der Waals surface area contributed by atoms with Crippen LogP contribution in [-0.2, 0) is 6.18 Å². The van der Waals surface area contributed by atoms with Crippen molar-refractivity contribution in [2.45, 2.75) is 25.4 Å². The van der Waals surface area contributed by atoms with Crippen LogP contribution in [0.3, 0.4) is 0 Å². The molecule has 0 spiro atoms. The minimum absolute atomic E-state index is 0. The van der Waals surface area contributed by atoms with Gasteiger partial charge >= 0.3 is 6.18 Å². The number of rotatable bonds is 3. The van der Waals surface area contributed by atoms with Gasteiger partial charge in [-0.3, -0.25) is 10.8 Å². The van der Waals surface area contributed by atoms with Crippen molar-refractivity contribution in [1.82, 2.24) is 9.97 Å². The molecule has 1 saturated carbocycles. The molecule has 0 bridgehead atoms. The summed E-state index contributed by atoms with van der Waals surface area (Å²) in [5, 5.41) is 18.1. The zero-order chi connectivity index (χ0) is 15.6. The predicted molar refractivity (Wildman–Crippen MR) is 78.4 cm³/mol. The first-order chi connectivity index (χ1) is 9.79. The van der Waals surface area contributed by atoms with Crippen LogP contribution in [0, 0.1) is 22.7 Å². The van der Waals surface area contributed by atoms with Crippen LogP contribution >= 0.6 is 12.4 Å². The highest BCUT2D eigenvalue weighted by Crippen LogP contribution is 2.32. The molecule has 5 N–H and O–H groups in total. The van der Waals surface area contributed by atoms with Crippen LogP contribution in [0.1, 0.15) is 25.0 Å². The van der Waals surface area contributed by atoms with E-state index in [1.54, 1.807) is 0 Å². The number of hydrogen-bond acceptors (Lipinski definition) is 4. The van der Waals surface area contributed by atoms with Crippen molar-refractivity contribution in [1.29, 1.82) is 10.8 Å². The third kappa shape index (κ3) is 4.06. The van der Waals surface area contributed by atoms with Gasteiger partial charge in [0, 0.05) is 11.8 Å². The van der Waals surface area contributed by atoms with Crippen LogP contribution in [0.4, 0.5) is 19.0 Å². The SMILES string of the molecule is Cl.N=C(N)[C@H]1CCC[C@@H]1C(=N)Nc1cnc(C(F)(F)F)cn1. The van der Waals surface area contributed by atoms with Crippen molar-refractivity contribution in [2.24, 2.45) is 17.6 Å². The molecule has 2 atom stereocenters. The molecule has 1 aliphatic carbocycles. The maximum atomic E-state index is 12.4. The first-order valence-corrected chi connectivity index (χ1v) is 6.37. The van der Waals surface area contributed by atoms with Crippen LogP contribution in [0.25, 0.3) is 0 Å². The number of amidine groups is 2. The third-order valence-corrected chi connectivity index (χ3v) is 3.49. The monoisotopic (exact) mass is 336 g/mol. The summed E-state index contributed by atoms with van der Waals surface area (Å²) in [5.41, 5.74) is 4.41. The van der Waals surface area contributed by atoms with E-state index in [-0.39, 0.29) is 41.7 Å².